The molecule has 1 fully saturated rings. The predicted octanol–water partition coefficient (Wildman–Crippen LogP) is 3.12. The number of rotatable bonds is 7. The summed E-state index contributed by atoms with van der Waals surface area (Å²) in [6.07, 6.45) is 3.11. The fraction of sp³-hybridized carbons (Fsp3) is 0.550. The van der Waals surface area contributed by atoms with Gasteiger partial charge in [-0.15, -0.1) is 12.4 Å². The molecule has 154 valence electrons. The van der Waals surface area contributed by atoms with E-state index in [-0.39, 0.29) is 18.3 Å². The van der Waals surface area contributed by atoms with E-state index in [1.165, 1.54) is 5.56 Å². The van der Waals surface area contributed by atoms with Gasteiger partial charge in [0, 0.05) is 19.4 Å². The topological polar surface area (TPSA) is 81.1 Å². The number of aromatic nitrogens is 3. The molecule has 0 spiro atoms. The molecule has 1 aromatic heterocycles. The van der Waals surface area contributed by atoms with Gasteiger partial charge in [0.1, 0.15) is 5.75 Å². The quantitative estimate of drug-likeness (QED) is 0.689. The number of amides is 1. The van der Waals surface area contributed by atoms with Crippen LogP contribution in [0.2, 0.25) is 0 Å². The van der Waals surface area contributed by atoms with E-state index in [9.17, 15) is 4.79 Å². The van der Waals surface area contributed by atoms with Gasteiger partial charge in [0.05, 0.1) is 6.61 Å². The summed E-state index contributed by atoms with van der Waals surface area (Å²) in [6, 6.07) is 6.10. The van der Waals surface area contributed by atoms with Gasteiger partial charge < -0.3 is 10.1 Å². The summed E-state index contributed by atoms with van der Waals surface area (Å²) in [6.45, 7) is 6.58. The average molecular weight is 408 g/mol. The number of hydrogen-bond acceptors (Lipinski definition) is 5. The van der Waals surface area contributed by atoms with Gasteiger partial charge in [0.25, 0.3) is 0 Å². The summed E-state index contributed by atoms with van der Waals surface area (Å²) in [5.74, 6) is 2.53. The highest BCUT2D eigenvalue weighted by Crippen LogP contribution is 2.23. The molecule has 0 bridgehead atoms. The Labute approximate surface area is 172 Å². The first kappa shape index (κ1) is 22.2. The number of aryl methyl sites for hydroxylation is 3. The van der Waals surface area contributed by atoms with Crippen LogP contribution in [0.3, 0.4) is 0 Å². The number of nitrogens with zero attached hydrogens (tertiary/aromatic N) is 3. The van der Waals surface area contributed by atoms with Crippen molar-refractivity contribution in [2.45, 2.75) is 45.4 Å². The molecule has 7 nitrogen and oxygen atoms in total. The largest absolute Gasteiger partial charge is 0.493 e. The van der Waals surface area contributed by atoms with Crippen molar-refractivity contribution in [2.24, 2.45) is 7.05 Å². The lowest BCUT2D eigenvalue weighted by atomic mass is 9.98. The first-order valence-electron chi connectivity index (χ1n) is 9.64. The van der Waals surface area contributed by atoms with Gasteiger partial charge in [-0.05, 0) is 57.8 Å². The molecule has 28 heavy (non-hydrogen) atoms. The molecule has 0 radical (unpaired) electrons. The minimum absolute atomic E-state index is 0. The monoisotopic (exact) mass is 407 g/mol. The third kappa shape index (κ3) is 5.94. The zero-order valence-corrected chi connectivity index (χ0v) is 17.6. The predicted molar refractivity (Wildman–Crippen MR) is 112 cm³/mol. The van der Waals surface area contributed by atoms with Crippen LogP contribution in [-0.2, 0) is 11.8 Å². The van der Waals surface area contributed by atoms with Crippen LogP contribution in [0, 0.1) is 13.8 Å². The maximum Gasteiger partial charge on any atom is 0.227 e. The van der Waals surface area contributed by atoms with Crippen LogP contribution in [0.5, 0.6) is 5.75 Å². The lowest BCUT2D eigenvalue weighted by molar-refractivity contribution is -0.116. The van der Waals surface area contributed by atoms with Crippen LogP contribution < -0.4 is 15.4 Å². The lowest BCUT2D eigenvalue weighted by Gasteiger charge is -2.19. The number of benzene rings is 1. The van der Waals surface area contributed by atoms with E-state index in [1.54, 1.807) is 4.68 Å². The number of carbonyl (C=O) groups is 1. The van der Waals surface area contributed by atoms with Crippen molar-refractivity contribution in [2.75, 3.05) is 25.0 Å². The molecule has 1 aliphatic heterocycles. The summed E-state index contributed by atoms with van der Waals surface area (Å²) in [5.41, 5.74) is 2.33. The molecule has 1 aromatic carbocycles. The first-order chi connectivity index (χ1) is 13.0. The van der Waals surface area contributed by atoms with Crippen molar-refractivity contribution in [1.29, 1.82) is 0 Å². The van der Waals surface area contributed by atoms with Crippen LogP contribution in [-0.4, -0.2) is 40.4 Å². The van der Waals surface area contributed by atoms with Gasteiger partial charge in [-0.2, -0.15) is 10.1 Å². The van der Waals surface area contributed by atoms with Crippen molar-refractivity contribution < 1.29 is 9.53 Å². The molecule has 1 saturated heterocycles. The van der Waals surface area contributed by atoms with E-state index in [4.69, 9.17) is 4.74 Å². The van der Waals surface area contributed by atoms with Gasteiger partial charge >= 0.3 is 0 Å². The number of nitrogens with one attached hydrogen (secondary N) is 2. The fourth-order valence-corrected chi connectivity index (χ4v) is 3.33. The van der Waals surface area contributed by atoms with Gasteiger partial charge in [-0.1, -0.05) is 17.7 Å². The Balaban J connectivity index is 0.00000280. The number of piperidine rings is 1. The molecule has 8 heteroatoms. The van der Waals surface area contributed by atoms with Crippen molar-refractivity contribution >= 4 is 24.3 Å². The molecule has 3 rings (SSSR count). The van der Waals surface area contributed by atoms with E-state index in [2.05, 4.69) is 33.7 Å². The molecule has 1 amide bonds. The zero-order chi connectivity index (χ0) is 19.2. The molecule has 0 aliphatic carbocycles. The van der Waals surface area contributed by atoms with Gasteiger partial charge in [0.15, 0.2) is 5.82 Å². The van der Waals surface area contributed by atoms with Crippen molar-refractivity contribution in [1.82, 2.24) is 20.1 Å². The molecule has 2 N–H and O–H groups in total. The number of ether oxygens (including phenoxy) is 1. The highest BCUT2D eigenvalue weighted by Gasteiger charge is 2.21. The summed E-state index contributed by atoms with van der Waals surface area (Å²) in [5, 5.41) is 10.7. The van der Waals surface area contributed by atoms with E-state index >= 15 is 0 Å². The number of halogens is 1. The van der Waals surface area contributed by atoms with Crippen molar-refractivity contribution in [3.8, 4) is 5.75 Å². The molecule has 2 aromatic rings. The Hall–Kier alpha value is -2.12. The fourth-order valence-electron chi connectivity index (χ4n) is 3.33. The molecule has 1 aliphatic rings. The summed E-state index contributed by atoms with van der Waals surface area (Å²) in [7, 11) is 1.82. The van der Waals surface area contributed by atoms with Crippen LogP contribution in [0.25, 0.3) is 0 Å². The zero-order valence-electron chi connectivity index (χ0n) is 16.8. The van der Waals surface area contributed by atoms with E-state index < -0.39 is 0 Å². The number of carbonyl (C=O) groups excluding carboxylic acids is 1. The maximum atomic E-state index is 12.2. The molecule has 0 atom stereocenters. The Bertz CT molecular complexity index is 787. The van der Waals surface area contributed by atoms with Crippen LogP contribution in [0.15, 0.2) is 18.2 Å². The standard InChI is InChI=1S/C20H29N5O2.ClH/c1-14-6-7-17(15(2)13-14)27-12-4-5-18(26)22-20-23-19(24-25(20)3)16-8-10-21-11-9-16;/h6-7,13,16,21H,4-5,8-12H2,1-3H3,(H,22,23,24,26);1H. The minimum atomic E-state index is -0.0633. The Morgan fingerprint density at radius 3 is 2.79 bits per heavy atom. The van der Waals surface area contributed by atoms with Crippen LogP contribution >= 0.6 is 12.4 Å². The number of anilines is 1. The molecule has 2 heterocycles. The SMILES string of the molecule is Cc1ccc(OCCCC(=O)Nc2nc(C3CCNCC3)nn2C)c(C)c1.Cl. The highest BCUT2D eigenvalue weighted by atomic mass is 35.5. The average Bonchev–Trinajstić information content (AvgIpc) is 3.01. The van der Waals surface area contributed by atoms with E-state index in [1.807, 2.05) is 26.1 Å². The molecular formula is C20H30ClN5O2. The van der Waals surface area contributed by atoms with Gasteiger partial charge in [-0.25, -0.2) is 4.68 Å². The van der Waals surface area contributed by atoms with Crippen molar-refractivity contribution in [3.05, 3.63) is 35.2 Å². The Morgan fingerprint density at radius 1 is 1.32 bits per heavy atom. The second-order valence-electron chi connectivity index (χ2n) is 7.21. The van der Waals surface area contributed by atoms with Crippen molar-refractivity contribution in [3.63, 3.8) is 0 Å². The van der Waals surface area contributed by atoms with Gasteiger partial charge in [0.2, 0.25) is 11.9 Å². The minimum Gasteiger partial charge on any atom is -0.493 e. The first-order valence-corrected chi connectivity index (χ1v) is 9.64. The molecule has 0 saturated carbocycles. The third-order valence-electron chi connectivity index (χ3n) is 4.87. The second-order valence-corrected chi connectivity index (χ2v) is 7.21. The third-order valence-corrected chi connectivity index (χ3v) is 4.87. The summed E-state index contributed by atoms with van der Waals surface area (Å²) >= 11 is 0. The smallest absolute Gasteiger partial charge is 0.227 e. The maximum absolute atomic E-state index is 12.2. The lowest BCUT2D eigenvalue weighted by Crippen LogP contribution is -2.27. The Kier molecular flexibility index (Phi) is 8.26. The molecule has 0 unspecified atom stereocenters. The van der Waals surface area contributed by atoms with Gasteiger partial charge in [-0.3, -0.25) is 10.1 Å². The normalized spacial score (nSPS) is 14.4. The summed E-state index contributed by atoms with van der Waals surface area (Å²) in [4.78, 5) is 16.7. The van der Waals surface area contributed by atoms with Crippen LogP contribution in [0.1, 0.15) is 48.6 Å². The van der Waals surface area contributed by atoms with E-state index in [0.717, 1.165) is 43.1 Å². The number of hydrogen-bond donors (Lipinski definition) is 2. The summed E-state index contributed by atoms with van der Waals surface area (Å²) < 4.78 is 7.43. The van der Waals surface area contributed by atoms with Crippen LogP contribution in [0.4, 0.5) is 5.95 Å². The van der Waals surface area contributed by atoms with E-state index in [0.29, 0.717) is 31.3 Å². The highest BCUT2D eigenvalue weighted by molar-refractivity contribution is 5.88. The molecular weight excluding hydrogens is 378 g/mol. The second kappa shape index (κ2) is 10.4. The Morgan fingerprint density at radius 2 is 2.07 bits per heavy atom.